The number of amides is 10. The van der Waals surface area contributed by atoms with E-state index in [1.54, 1.807) is 56.8 Å². The third-order valence-electron chi connectivity index (χ3n) is 15.6. The van der Waals surface area contributed by atoms with Gasteiger partial charge in [0.05, 0.1) is 164 Å². The van der Waals surface area contributed by atoms with Crippen molar-refractivity contribution in [1.82, 2.24) is 46.3 Å². The number of aliphatic hydroxyl groups excluding tert-OH is 1. The van der Waals surface area contributed by atoms with Gasteiger partial charge in [-0.2, -0.15) is 0 Å². The summed E-state index contributed by atoms with van der Waals surface area (Å²) in [5.41, 5.74) is 5.97. The normalized spacial score (nSPS) is 13.7. The van der Waals surface area contributed by atoms with Crippen LogP contribution >= 0.6 is 0 Å². The lowest BCUT2D eigenvalue weighted by Gasteiger charge is -2.41. The molecule has 1 aliphatic rings. The van der Waals surface area contributed by atoms with Crippen molar-refractivity contribution in [2.24, 2.45) is 11.1 Å². The van der Waals surface area contributed by atoms with E-state index in [-0.39, 0.29) is 70.2 Å². The molecule has 0 unspecified atom stereocenters. The van der Waals surface area contributed by atoms with Crippen LogP contribution < -0.4 is 37.6 Å². The summed E-state index contributed by atoms with van der Waals surface area (Å²) >= 11 is 0. The Morgan fingerprint density at radius 2 is 1.05 bits per heavy atom. The van der Waals surface area contributed by atoms with E-state index in [1.807, 2.05) is 18.2 Å². The second-order valence-electron chi connectivity index (χ2n) is 25.1. The van der Waals surface area contributed by atoms with E-state index in [2.05, 4.69) is 26.6 Å². The fourth-order valence-electron chi connectivity index (χ4n) is 10.3. The molecule has 33 nitrogen and oxygen atoms in total. The van der Waals surface area contributed by atoms with Gasteiger partial charge in [0, 0.05) is 74.9 Å². The SMILES string of the molecule is [2H]N(C(=O)CCOCCOCCOCCOCCOCCOCCOCCOCCOCCOCCOCCOC)[C@@H](C)C(=O)N[C@@H](C)C(=O)N[C@@H](CC(N)=O)C(=O)N[C@@H](CCN(C(=O)CO)[C@@H](c1cc(-c2cc(F)ccc2F)cn1Cc1ccccc1)C(C)(C)C)C(=O)NCCNC(=O)CN1C(=O)C=CC1=O. The van der Waals surface area contributed by atoms with E-state index < -0.39 is 139 Å². The van der Waals surface area contributed by atoms with Crippen molar-refractivity contribution in [1.29, 1.82) is 0 Å². The van der Waals surface area contributed by atoms with Gasteiger partial charge in [0.2, 0.25) is 47.3 Å². The molecule has 9 N–H and O–H groups in total. The second kappa shape index (κ2) is 52.7. The number of nitrogens with zero attached hydrogens (tertiary/aromatic N) is 3. The van der Waals surface area contributed by atoms with Crippen molar-refractivity contribution in [2.45, 2.75) is 90.6 Å². The van der Waals surface area contributed by atoms with Crippen molar-refractivity contribution in [2.75, 3.05) is 192 Å². The average Bonchev–Trinajstić information content (AvgIpc) is 1.61. The minimum Gasteiger partial charge on any atom is -0.387 e. The summed E-state index contributed by atoms with van der Waals surface area (Å²) in [5.74, 6) is -10.5. The Morgan fingerprint density at radius 3 is 1.52 bits per heavy atom. The van der Waals surface area contributed by atoms with Gasteiger partial charge in [0.25, 0.3) is 11.8 Å². The Morgan fingerprint density at radius 1 is 0.579 bits per heavy atom. The molecule has 3 aromatic rings. The summed E-state index contributed by atoms with van der Waals surface area (Å²) in [6.45, 7) is 14.0. The van der Waals surface area contributed by atoms with Gasteiger partial charge in [0.15, 0.2) is 1.41 Å². The molecule has 107 heavy (non-hydrogen) atoms. The van der Waals surface area contributed by atoms with Gasteiger partial charge in [-0.1, -0.05) is 51.1 Å². The van der Waals surface area contributed by atoms with Gasteiger partial charge in [0.1, 0.15) is 49.0 Å². The van der Waals surface area contributed by atoms with Gasteiger partial charge in [-0.15, -0.1) is 0 Å². The van der Waals surface area contributed by atoms with Crippen LogP contribution in [0.4, 0.5) is 8.78 Å². The first-order chi connectivity index (χ1) is 51.9. The molecule has 598 valence electrons. The molecule has 0 radical (unpaired) electrons. The summed E-state index contributed by atoms with van der Waals surface area (Å²) in [5, 5.41) is 23.2. The quantitative estimate of drug-likeness (QED) is 0.0273. The highest BCUT2D eigenvalue weighted by Gasteiger charge is 2.39. The second-order valence-corrected chi connectivity index (χ2v) is 25.1. The lowest BCUT2D eigenvalue weighted by molar-refractivity contribution is -0.141. The van der Waals surface area contributed by atoms with Gasteiger partial charge in [-0.05, 0) is 55.5 Å². The first-order valence-electron chi connectivity index (χ1n) is 35.8. The third-order valence-corrected chi connectivity index (χ3v) is 15.6. The fraction of sp³-hybridized carbons (Fsp3) is 0.611. The van der Waals surface area contributed by atoms with Crippen molar-refractivity contribution < 1.29 is 120 Å². The zero-order valence-electron chi connectivity index (χ0n) is 63.0. The van der Waals surface area contributed by atoms with Crippen LogP contribution in [-0.2, 0) is 111 Å². The molecule has 10 amide bonds. The first-order valence-corrected chi connectivity index (χ1v) is 35.4. The molecule has 1 aromatic heterocycles. The number of aliphatic hydroxyl groups is 1. The predicted molar refractivity (Wildman–Crippen MR) is 381 cm³/mol. The van der Waals surface area contributed by atoms with E-state index in [4.69, 9.17) is 64.0 Å². The number of nitrogens with one attached hydrogen (secondary N) is 6. The van der Waals surface area contributed by atoms with Crippen LogP contribution in [0.3, 0.4) is 0 Å². The molecule has 35 heteroatoms. The third kappa shape index (κ3) is 37.4. The Balaban J connectivity index is 1.21. The molecular formula is C72H108F2N10O23. The number of hydrogen-bond acceptors (Lipinski definition) is 23. The molecule has 2 aromatic carbocycles. The number of rotatable bonds is 60. The fourth-order valence-corrected chi connectivity index (χ4v) is 10.3. The zero-order chi connectivity index (χ0) is 79.1. The number of hydrogen-bond donors (Lipinski definition) is 8. The van der Waals surface area contributed by atoms with Gasteiger partial charge < -0.3 is 109 Å². The van der Waals surface area contributed by atoms with E-state index in [1.165, 1.54) is 18.7 Å². The maximum Gasteiger partial charge on any atom is 0.254 e. The number of carbonyl (C=O) groups is 10. The Kier molecular flexibility index (Phi) is 44.0. The summed E-state index contributed by atoms with van der Waals surface area (Å²) < 4.78 is 105. The Hall–Kier alpha value is -8.30. The van der Waals surface area contributed by atoms with E-state index in [0.29, 0.717) is 135 Å². The van der Waals surface area contributed by atoms with Crippen molar-refractivity contribution >= 4 is 59.1 Å². The molecule has 0 spiro atoms. The van der Waals surface area contributed by atoms with Gasteiger partial charge in [-0.3, -0.25) is 52.8 Å². The molecule has 4 rings (SSSR count). The van der Waals surface area contributed by atoms with Crippen LogP contribution in [0.1, 0.15) is 71.2 Å². The van der Waals surface area contributed by atoms with Crippen molar-refractivity contribution in [3.63, 3.8) is 0 Å². The molecule has 0 saturated heterocycles. The minimum absolute atomic E-state index is 0.0850. The lowest BCUT2D eigenvalue weighted by Crippen LogP contribution is -2.58. The largest absolute Gasteiger partial charge is 0.387 e. The number of primary amides is 1. The van der Waals surface area contributed by atoms with Crippen LogP contribution in [0, 0.1) is 17.0 Å². The molecular weight excluding hydrogens is 1410 g/mol. The molecule has 5 atom stereocenters. The van der Waals surface area contributed by atoms with E-state index in [0.717, 1.165) is 35.9 Å². The Bertz CT molecular complexity index is 3250. The smallest absolute Gasteiger partial charge is 0.254 e. The molecule has 0 saturated carbocycles. The summed E-state index contributed by atoms with van der Waals surface area (Å²) in [6.07, 6.45) is 2.00. The molecule has 0 fully saturated rings. The number of ether oxygens (including phenoxy) is 12. The maximum absolute atomic E-state index is 15.5. The summed E-state index contributed by atoms with van der Waals surface area (Å²) in [6, 6.07) is 6.23. The number of carbonyl (C=O) groups excluding carboxylic acids is 10. The zero-order valence-corrected chi connectivity index (χ0v) is 62.0. The highest BCUT2D eigenvalue weighted by molar-refractivity contribution is 6.14. The van der Waals surface area contributed by atoms with Crippen LogP contribution in [0.25, 0.3) is 11.1 Å². The van der Waals surface area contributed by atoms with Crippen LogP contribution in [0.5, 0.6) is 0 Å². The van der Waals surface area contributed by atoms with Crippen LogP contribution in [0.15, 0.2) is 72.9 Å². The van der Waals surface area contributed by atoms with Gasteiger partial charge >= 0.3 is 0 Å². The maximum atomic E-state index is 15.5. The number of imide groups is 1. The number of benzene rings is 2. The Labute approximate surface area is 623 Å². The number of nitrogens with two attached hydrogens (primary N) is 1. The minimum atomic E-state index is -1.82. The summed E-state index contributed by atoms with van der Waals surface area (Å²) in [4.78, 5) is 134. The predicted octanol–water partition coefficient (Wildman–Crippen LogP) is 0.0107. The highest BCUT2D eigenvalue weighted by atomic mass is 19.1. The van der Waals surface area contributed by atoms with Crippen LogP contribution in [0.2, 0.25) is 1.41 Å². The number of aromatic nitrogens is 1. The average molecular weight is 1520 g/mol. The monoisotopic (exact) mass is 1520 g/mol. The van der Waals surface area contributed by atoms with E-state index >= 15 is 4.39 Å². The van der Waals surface area contributed by atoms with Crippen LogP contribution in [-0.4, -0.2) is 295 Å². The number of halogens is 2. The standard InChI is InChI=1S/C72H108F2N10O23/c1-51(78-62(87)17-21-97-24-25-99-28-29-101-32-33-103-36-37-105-40-41-107-43-42-106-39-38-104-35-34-102-31-30-100-27-26-98-23-22-96-6)68(92)79-52(2)69(93)81-59(46-61(75)86)71(95)80-58(70(94)77-19-18-76-63(88)49-84-64(89)14-15-65(84)90)16-20-83(66(91)50-85)67(72(3,4)5)60-44-54(56-45-55(73)12-13-57(56)74)48-82(60)47-53-10-8-7-9-11-53/h7-15,44-45,48,51-52,58-59,67,85H,16-43,46-47,49-50H2,1-6H3,(H2,75,86)(H,76,88)(H,77,94)(H,78,87)(H,79,92)(H,80,95)(H,81,93)/t51-,52-,58-,59-,67-/m0/s1/i/hD. The van der Waals surface area contributed by atoms with Crippen molar-refractivity contribution in [3.8, 4) is 11.1 Å². The van der Waals surface area contributed by atoms with Gasteiger partial charge in [-0.25, -0.2) is 8.78 Å². The molecule has 2 heterocycles. The first kappa shape index (κ1) is 89.3. The lowest BCUT2D eigenvalue weighted by atomic mass is 9.82. The number of methoxy groups -OCH3 is 1. The van der Waals surface area contributed by atoms with Crippen molar-refractivity contribution in [3.05, 3.63) is 95.8 Å². The molecule has 0 aliphatic carbocycles. The molecule has 0 bridgehead atoms. The molecule has 1 aliphatic heterocycles. The van der Waals surface area contributed by atoms with E-state index in [9.17, 15) is 57.4 Å². The summed E-state index contributed by atoms with van der Waals surface area (Å²) in [7, 11) is 1.62. The highest BCUT2D eigenvalue weighted by Crippen LogP contribution is 2.41. The topological polar surface area (TPSA) is 411 Å².